The minimum absolute atomic E-state index is 0.296. The molecule has 0 spiro atoms. The molecule has 0 unspecified atom stereocenters. The smallest absolute Gasteiger partial charge is 0.323 e. The van der Waals surface area contributed by atoms with E-state index in [1.54, 1.807) is 31.3 Å². The van der Waals surface area contributed by atoms with Crippen LogP contribution in [0.2, 0.25) is 0 Å². The summed E-state index contributed by atoms with van der Waals surface area (Å²) in [5.41, 5.74) is 3.55. The summed E-state index contributed by atoms with van der Waals surface area (Å²) in [5, 5.41) is 10.9. The molecule has 4 N–H and O–H groups in total. The Bertz CT molecular complexity index is 1420. The van der Waals surface area contributed by atoms with Crippen molar-refractivity contribution in [1.82, 2.24) is 20.3 Å². The molecule has 2 heterocycles. The predicted molar refractivity (Wildman–Crippen MR) is 151 cm³/mol. The molecule has 198 valence electrons. The van der Waals surface area contributed by atoms with Gasteiger partial charge in [-0.1, -0.05) is 18.2 Å². The van der Waals surface area contributed by atoms with Crippen LogP contribution in [-0.2, 0) is 4.74 Å². The molecule has 1 aromatic heterocycles. The SMILES string of the molecule is CNC(=O)Nc1ccc(-c2nc(-c3ccc(NC(=O)Nc4ccccc4)cc3)nc(N3CCOCC3)n2)cc1. The Morgan fingerprint density at radius 2 is 1.15 bits per heavy atom. The number of aromatic nitrogens is 3. The van der Waals surface area contributed by atoms with E-state index in [0.29, 0.717) is 61.0 Å². The third-order valence-electron chi connectivity index (χ3n) is 5.98. The molecule has 3 aromatic carbocycles. The number of nitrogens with one attached hydrogen (secondary N) is 4. The highest BCUT2D eigenvalue weighted by Gasteiger charge is 2.18. The Morgan fingerprint density at radius 1 is 0.667 bits per heavy atom. The van der Waals surface area contributed by atoms with E-state index in [0.717, 1.165) is 11.1 Å². The summed E-state index contributed by atoms with van der Waals surface area (Å²) < 4.78 is 5.50. The van der Waals surface area contributed by atoms with Crippen LogP contribution >= 0.6 is 0 Å². The highest BCUT2D eigenvalue weighted by molar-refractivity contribution is 5.99. The fraction of sp³-hybridized carbons (Fsp3) is 0.179. The minimum Gasteiger partial charge on any atom is -0.378 e. The minimum atomic E-state index is -0.333. The standard InChI is InChI=1S/C28H28N8O3/c1-29-27(37)30-22-11-7-19(8-12-22)24-33-25(35-26(34-24)36-15-17-39-18-16-36)20-9-13-23(14-10-20)32-28(38)31-21-5-3-2-4-6-21/h2-14H,15-18H2,1H3,(H2,29,30,37)(H2,31,32,38). The molecular formula is C28H28N8O3. The van der Waals surface area contributed by atoms with Gasteiger partial charge in [0, 0.05) is 48.3 Å². The van der Waals surface area contributed by atoms with Gasteiger partial charge in [-0.2, -0.15) is 9.97 Å². The quantitative estimate of drug-likeness (QED) is 0.293. The van der Waals surface area contributed by atoms with Gasteiger partial charge in [-0.15, -0.1) is 0 Å². The maximum Gasteiger partial charge on any atom is 0.323 e. The first kappa shape index (κ1) is 25.6. The Balaban J connectivity index is 1.39. The topological polar surface area (TPSA) is 133 Å². The molecule has 0 aliphatic carbocycles. The van der Waals surface area contributed by atoms with E-state index in [2.05, 4.69) is 26.2 Å². The number of morpholine rings is 1. The molecule has 4 amide bonds. The number of amides is 4. The van der Waals surface area contributed by atoms with Crippen LogP contribution in [0.25, 0.3) is 22.8 Å². The van der Waals surface area contributed by atoms with Crippen LogP contribution in [0, 0.1) is 0 Å². The van der Waals surface area contributed by atoms with Gasteiger partial charge in [0.1, 0.15) is 0 Å². The van der Waals surface area contributed by atoms with E-state index in [4.69, 9.17) is 19.7 Å². The van der Waals surface area contributed by atoms with Gasteiger partial charge in [-0.05, 0) is 60.7 Å². The predicted octanol–water partition coefficient (Wildman–Crippen LogP) is 4.44. The first-order valence-corrected chi connectivity index (χ1v) is 12.5. The number of ether oxygens (including phenoxy) is 1. The van der Waals surface area contributed by atoms with Crippen molar-refractivity contribution >= 4 is 35.1 Å². The van der Waals surface area contributed by atoms with Gasteiger partial charge >= 0.3 is 12.1 Å². The van der Waals surface area contributed by atoms with Gasteiger partial charge in [-0.3, -0.25) is 0 Å². The fourth-order valence-corrected chi connectivity index (χ4v) is 3.94. The van der Waals surface area contributed by atoms with E-state index < -0.39 is 0 Å². The number of carbonyl (C=O) groups excluding carboxylic acids is 2. The molecule has 1 aliphatic heterocycles. The maximum absolute atomic E-state index is 12.4. The van der Waals surface area contributed by atoms with Crippen molar-refractivity contribution in [3.63, 3.8) is 0 Å². The summed E-state index contributed by atoms with van der Waals surface area (Å²) in [6.07, 6.45) is 0. The van der Waals surface area contributed by atoms with Crippen LogP contribution in [0.15, 0.2) is 78.9 Å². The second-order valence-corrected chi connectivity index (χ2v) is 8.69. The van der Waals surface area contributed by atoms with Gasteiger partial charge in [0.25, 0.3) is 0 Å². The van der Waals surface area contributed by atoms with Gasteiger partial charge in [-0.25, -0.2) is 14.6 Å². The zero-order chi connectivity index (χ0) is 27.0. The third-order valence-corrected chi connectivity index (χ3v) is 5.98. The molecule has 1 aliphatic rings. The first-order valence-electron chi connectivity index (χ1n) is 12.5. The van der Waals surface area contributed by atoms with E-state index in [1.165, 1.54) is 0 Å². The van der Waals surface area contributed by atoms with Crippen molar-refractivity contribution in [2.24, 2.45) is 0 Å². The Morgan fingerprint density at radius 3 is 1.67 bits per heavy atom. The molecule has 1 saturated heterocycles. The monoisotopic (exact) mass is 524 g/mol. The lowest BCUT2D eigenvalue weighted by atomic mass is 10.1. The number of benzene rings is 3. The van der Waals surface area contributed by atoms with Gasteiger partial charge < -0.3 is 30.9 Å². The fourth-order valence-electron chi connectivity index (χ4n) is 3.94. The van der Waals surface area contributed by atoms with E-state index in [1.807, 2.05) is 54.6 Å². The number of hydrogen-bond acceptors (Lipinski definition) is 7. The zero-order valence-corrected chi connectivity index (χ0v) is 21.3. The zero-order valence-electron chi connectivity index (χ0n) is 21.3. The summed E-state index contributed by atoms with van der Waals surface area (Å²) in [5.74, 6) is 1.59. The molecule has 0 atom stereocenters. The van der Waals surface area contributed by atoms with Gasteiger partial charge in [0.2, 0.25) is 5.95 Å². The van der Waals surface area contributed by atoms with Crippen LogP contribution in [0.1, 0.15) is 0 Å². The van der Waals surface area contributed by atoms with Crippen LogP contribution in [0.4, 0.5) is 32.6 Å². The first-order chi connectivity index (χ1) is 19.1. The van der Waals surface area contributed by atoms with Crippen LogP contribution in [-0.4, -0.2) is 60.4 Å². The van der Waals surface area contributed by atoms with Crippen molar-refractivity contribution in [3.8, 4) is 22.8 Å². The number of para-hydroxylation sites is 1. The van der Waals surface area contributed by atoms with Crippen LogP contribution in [0.5, 0.6) is 0 Å². The third kappa shape index (κ3) is 6.65. The van der Waals surface area contributed by atoms with E-state index in [-0.39, 0.29) is 12.1 Å². The Hall–Kier alpha value is -5.03. The lowest BCUT2D eigenvalue weighted by molar-refractivity contribution is 0.122. The average Bonchev–Trinajstić information content (AvgIpc) is 2.98. The molecular weight excluding hydrogens is 496 g/mol. The van der Waals surface area contributed by atoms with E-state index >= 15 is 0 Å². The Kier molecular flexibility index (Phi) is 7.89. The Labute approximate surface area is 225 Å². The molecule has 0 saturated carbocycles. The number of carbonyl (C=O) groups is 2. The second-order valence-electron chi connectivity index (χ2n) is 8.69. The molecule has 11 heteroatoms. The second kappa shape index (κ2) is 12.0. The van der Waals surface area contributed by atoms with Gasteiger partial charge in [0.05, 0.1) is 13.2 Å². The highest BCUT2D eigenvalue weighted by Crippen LogP contribution is 2.26. The number of urea groups is 2. The molecule has 4 aromatic rings. The van der Waals surface area contributed by atoms with Crippen molar-refractivity contribution in [2.75, 3.05) is 54.2 Å². The molecule has 11 nitrogen and oxygen atoms in total. The van der Waals surface area contributed by atoms with E-state index in [9.17, 15) is 9.59 Å². The molecule has 39 heavy (non-hydrogen) atoms. The molecule has 1 fully saturated rings. The van der Waals surface area contributed by atoms with Crippen LogP contribution in [0.3, 0.4) is 0 Å². The van der Waals surface area contributed by atoms with Crippen molar-refractivity contribution in [1.29, 1.82) is 0 Å². The molecule has 5 rings (SSSR count). The number of anilines is 4. The lowest BCUT2D eigenvalue weighted by Crippen LogP contribution is -2.37. The lowest BCUT2D eigenvalue weighted by Gasteiger charge is -2.27. The highest BCUT2D eigenvalue weighted by atomic mass is 16.5. The maximum atomic E-state index is 12.4. The number of rotatable bonds is 6. The number of nitrogens with zero attached hydrogens (tertiary/aromatic N) is 4. The number of hydrogen-bond donors (Lipinski definition) is 4. The summed E-state index contributed by atoms with van der Waals surface area (Å²) in [4.78, 5) is 40.3. The van der Waals surface area contributed by atoms with Crippen molar-refractivity contribution in [2.45, 2.75) is 0 Å². The summed E-state index contributed by atoms with van der Waals surface area (Å²) >= 11 is 0. The normalized spacial score (nSPS) is 12.9. The van der Waals surface area contributed by atoms with Crippen LogP contribution < -0.4 is 26.2 Å². The largest absolute Gasteiger partial charge is 0.378 e. The molecule has 0 bridgehead atoms. The average molecular weight is 525 g/mol. The summed E-state index contributed by atoms with van der Waals surface area (Å²) in [6, 6.07) is 23.2. The van der Waals surface area contributed by atoms with Gasteiger partial charge in [0.15, 0.2) is 11.6 Å². The molecule has 0 radical (unpaired) electrons. The summed E-state index contributed by atoms with van der Waals surface area (Å²) in [6.45, 7) is 2.55. The van der Waals surface area contributed by atoms with Crippen molar-refractivity contribution < 1.29 is 14.3 Å². The van der Waals surface area contributed by atoms with Crippen molar-refractivity contribution in [3.05, 3.63) is 78.9 Å². The summed E-state index contributed by atoms with van der Waals surface area (Å²) in [7, 11) is 1.56.